The van der Waals surface area contributed by atoms with E-state index in [4.69, 9.17) is 10.5 Å². The van der Waals surface area contributed by atoms with Crippen LogP contribution >= 0.6 is 0 Å². The molecule has 0 unspecified atom stereocenters. The Hall–Kier alpha value is -2.34. The molecule has 0 saturated carbocycles. The third kappa shape index (κ3) is 3.54. The number of hydrogen-bond donors (Lipinski definition) is 2. The molecule has 3 N–H and O–H groups in total. The summed E-state index contributed by atoms with van der Waals surface area (Å²) < 4.78 is 5.47. The number of phenols is 1. The molecule has 3 heterocycles. The third-order valence-electron chi connectivity index (χ3n) is 5.26. The highest BCUT2D eigenvalue weighted by molar-refractivity contribution is 5.45. The lowest BCUT2D eigenvalue weighted by Crippen LogP contribution is -2.33. The van der Waals surface area contributed by atoms with Gasteiger partial charge in [0.1, 0.15) is 11.6 Å². The van der Waals surface area contributed by atoms with E-state index in [1.54, 1.807) is 6.07 Å². The first-order chi connectivity index (χ1) is 12.2. The van der Waals surface area contributed by atoms with E-state index in [-0.39, 0.29) is 0 Å². The van der Waals surface area contributed by atoms with Crippen molar-refractivity contribution in [3.05, 3.63) is 41.6 Å². The van der Waals surface area contributed by atoms with E-state index in [9.17, 15) is 5.11 Å². The van der Waals surface area contributed by atoms with E-state index >= 15 is 0 Å². The average Bonchev–Trinajstić information content (AvgIpc) is 3.16. The molecule has 0 amide bonds. The van der Waals surface area contributed by atoms with Crippen LogP contribution in [0, 0.1) is 0 Å². The van der Waals surface area contributed by atoms with Crippen LogP contribution in [0.5, 0.6) is 5.75 Å². The van der Waals surface area contributed by atoms with Crippen molar-refractivity contribution in [3.8, 4) is 5.75 Å². The van der Waals surface area contributed by atoms with Gasteiger partial charge in [0.15, 0.2) is 0 Å². The van der Waals surface area contributed by atoms with Crippen molar-refractivity contribution in [1.82, 2.24) is 9.97 Å². The molecule has 0 spiro atoms. The van der Waals surface area contributed by atoms with Gasteiger partial charge in [-0.3, -0.25) is 0 Å². The van der Waals surface area contributed by atoms with Crippen LogP contribution in [0.25, 0.3) is 0 Å². The Labute approximate surface area is 147 Å². The summed E-state index contributed by atoms with van der Waals surface area (Å²) in [6, 6.07) is 9.68. The summed E-state index contributed by atoms with van der Waals surface area (Å²) in [5.41, 5.74) is 8.16. The monoisotopic (exact) mass is 340 g/mol. The molecule has 2 saturated heterocycles. The number of phenolic OH excluding ortho intramolecular Hbond substituents is 1. The van der Waals surface area contributed by atoms with Gasteiger partial charge in [-0.2, -0.15) is 4.98 Å². The quantitative estimate of drug-likeness (QED) is 0.893. The zero-order valence-corrected chi connectivity index (χ0v) is 14.3. The molecular formula is C19H24N4O2. The Morgan fingerprint density at radius 2 is 1.92 bits per heavy atom. The molecule has 25 heavy (non-hydrogen) atoms. The van der Waals surface area contributed by atoms with Gasteiger partial charge in [-0.15, -0.1) is 0 Å². The van der Waals surface area contributed by atoms with Gasteiger partial charge in [0.05, 0.1) is 12.3 Å². The first-order valence-corrected chi connectivity index (χ1v) is 8.95. The lowest BCUT2D eigenvalue weighted by molar-refractivity contribution is 0.193. The SMILES string of the molecule is Nc1nc([C@H]2CCOC2)cc(N2CCC(c3cccc(O)c3)CC2)n1. The van der Waals surface area contributed by atoms with E-state index in [2.05, 4.69) is 27.0 Å². The maximum absolute atomic E-state index is 9.69. The van der Waals surface area contributed by atoms with Crippen LogP contribution in [0.2, 0.25) is 0 Å². The van der Waals surface area contributed by atoms with Gasteiger partial charge in [0, 0.05) is 31.7 Å². The third-order valence-corrected chi connectivity index (χ3v) is 5.26. The molecule has 0 aliphatic carbocycles. The number of aromatic hydroxyl groups is 1. The minimum Gasteiger partial charge on any atom is -0.508 e. The van der Waals surface area contributed by atoms with E-state index in [0.717, 1.165) is 57.1 Å². The highest BCUT2D eigenvalue weighted by atomic mass is 16.5. The molecule has 6 heteroatoms. The fourth-order valence-electron chi connectivity index (χ4n) is 3.83. The fourth-order valence-corrected chi connectivity index (χ4v) is 3.83. The maximum atomic E-state index is 9.69. The summed E-state index contributed by atoms with van der Waals surface area (Å²) in [4.78, 5) is 11.2. The highest BCUT2D eigenvalue weighted by Gasteiger charge is 2.25. The lowest BCUT2D eigenvalue weighted by Gasteiger charge is -2.33. The Morgan fingerprint density at radius 3 is 2.64 bits per heavy atom. The molecule has 0 bridgehead atoms. The normalized spacial score (nSPS) is 21.6. The van der Waals surface area contributed by atoms with Crippen molar-refractivity contribution in [2.45, 2.75) is 31.1 Å². The summed E-state index contributed by atoms with van der Waals surface area (Å²) in [7, 11) is 0. The Bertz CT molecular complexity index is 738. The summed E-state index contributed by atoms with van der Waals surface area (Å²) in [6.45, 7) is 3.36. The number of ether oxygens (including phenoxy) is 1. The molecule has 132 valence electrons. The first kappa shape index (κ1) is 16.1. The van der Waals surface area contributed by atoms with Gasteiger partial charge < -0.3 is 20.5 Å². The smallest absolute Gasteiger partial charge is 0.222 e. The zero-order valence-electron chi connectivity index (χ0n) is 14.3. The highest BCUT2D eigenvalue weighted by Crippen LogP contribution is 2.32. The number of nitrogens with two attached hydrogens (primary N) is 1. The van der Waals surface area contributed by atoms with Gasteiger partial charge in [-0.05, 0) is 42.9 Å². The van der Waals surface area contributed by atoms with Crippen molar-refractivity contribution < 1.29 is 9.84 Å². The van der Waals surface area contributed by atoms with Crippen LogP contribution in [0.1, 0.15) is 42.4 Å². The van der Waals surface area contributed by atoms with E-state index in [1.165, 1.54) is 5.56 Å². The minimum atomic E-state index is 0.328. The molecule has 2 aromatic rings. The zero-order chi connectivity index (χ0) is 17.2. The Morgan fingerprint density at radius 1 is 1.08 bits per heavy atom. The summed E-state index contributed by atoms with van der Waals surface area (Å²) >= 11 is 0. The second-order valence-electron chi connectivity index (χ2n) is 6.93. The van der Waals surface area contributed by atoms with Crippen molar-refractivity contribution >= 4 is 11.8 Å². The van der Waals surface area contributed by atoms with Crippen molar-refractivity contribution in [2.75, 3.05) is 36.9 Å². The first-order valence-electron chi connectivity index (χ1n) is 8.95. The summed E-state index contributed by atoms with van der Waals surface area (Å²) in [6.07, 6.45) is 3.07. The molecule has 2 aliphatic rings. The minimum absolute atomic E-state index is 0.328. The van der Waals surface area contributed by atoms with Crippen molar-refractivity contribution in [3.63, 3.8) is 0 Å². The van der Waals surface area contributed by atoms with E-state index < -0.39 is 0 Å². The van der Waals surface area contributed by atoms with Crippen LogP contribution in [0.15, 0.2) is 30.3 Å². The molecule has 2 fully saturated rings. The number of nitrogens with zero attached hydrogens (tertiary/aromatic N) is 3. The lowest BCUT2D eigenvalue weighted by atomic mass is 9.89. The molecule has 4 rings (SSSR count). The van der Waals surface area contributed by atoms with Gasteiger partial charge in [0.2, 0.25) is 5.95 Å². The molecule has 2 aliphatic heterocycles. The fraction of sp³-hybridized carbons (Fsp3) is 0.474. The van der Waals surface area contributed by atoms with Crippen molar-refractivity contribution in [2.24, 2.45) is 0 Å². The largest absolute Gasteiger partial charge is 0.508 e. The average molecular weight is 340 g/mol. The van der Waals surface area contributed by atoms with Crippen LogP contribution < -0.4 is 10.6 Å². The van der Waals surface area contributed by atoms with Crippen LogP contribution in [0.4, 0.5) is 11.8 Å². The van der Waals surface area contributed by atoms with Gasteiger partial charge >= 0.3 is 0 Å². The summed E-state index contributed by atoms with van der Waals surface area (Å²) in [5.74, 6) is 2.41. The molecule has 0 radical (unpaired) electrons. The van der Waals surface area contributed by atoms with Crippen LogP contribution in [-0.4, -0.2) is 41.4 Å². The number of nitrogen functional groups attached to an aromatic ring is 1. The van der Waals surface area contributed by atoms with Gasteiger partial charge in [-0.1, -0.05) is 12.1 Å². The Balaban J connectivity index is 1.47. The molecule has 1 aromatic heterocycles. The standard InChI is InChI=1S/C19H24N4O2/c20-19-21-17(15-6-9-25-12-15)11-18(22-19)23-7-4-13(5-8-23)14-2-1-3-16(24)10-14/h1-3,10-11,13,15,24H,4-9,12H2,(H2,20,21,22)/t15-/m0/s1. The van der Waals surface area contributed by atoms with E-state index in [0.29, 0.717) is 23.5 Å². The molecule has 1 aromatic carbocycles. The molecule has 6 nitrogen and oxygen atoms in total. The second-order valence-corrected chi connectivity index (χ2v) is 6.93. The van der Waals surface area contributed by atoms with Crippen LogP contribution in [-0.2, 0) is 4.74 Å². The van der Waals surface area contributed by atoms with Gasteiger partial charge in [0.25, 0.3) is 0 Å². The number of aromatic nitrogens is 2. The molecule has 1 atom stereocenters. The topological polar surface area (TPSA) is 84.5 Å². The molecular weight excluding hydrogens is 316 g/mol. The summed E-state index contributed by atoms with van der Waals surface area (Å²) in [5, 5.41) is 9.69. The predicted molar refractivity (Wildman–Crippen MR) is 96.9 cm³/mol. The Kier molecular flexibility index (Phi) is 4.44. The second kappa shape index (κ2) is 6.88. The predicted octanol–water partition coefficient (Wildman–Crippen LogP) is 2.65. The van der Waals surface area contributed by atoms with Crippen LogP contribution in [0.3, 0.4) is 0 Å². The number of benzene rings is 1. The van der Waals surface area contributed by atoms with E-state index in [1.807, 2.05) is 12.1 Å². The number of rotatable bonds is 3. The van der Waals surface area contributed by atoms with Gasteiger partial charge in [-0.25, -0.2) is 4.98 Å². The maximum Gasteiger partial charge on any atom is 0.222 e. The number of piperidine rings is 1. The van der Waals surface area contributed by atoms with Crippen molar-refractivity contribution in [1.29, 1.82) is 0 Å². The number of hydrogen-bond acceptors (Lipinski definition) is 6. The number of anilines is 2.